The molecule has 0 aliphatic rings. The molecule has 0 amide bonds. The molecule has 0 heterocycles. The Bertz CT molecular complexity index is 138. The van der Waals surface area contributed by atoms with Gasteiger partial charge in [-0.05, 0) is 34.2 Å². The van der Waals surface area contributed by atoms with Crippen LogP contribution in [0.1, 0.15) is 40.5 Å². The Labute approximate surface area is 77.5 Å². The first-order chi connectivity index (χ1) is 5.50. The number of rotatable bonds is 5. The molecule has 0 bridgehead atoms. The van der Waals surface area contributed by atoms with Crippen LogP contribution in [-0.2, 0) is 0 Å². The summed E-state index contributed by atoms with van der Waals surface area (Å²) in [7, 11) is 2.18. The molecule has 0 aromatic heterocycles. The molecule has 72 valence electrons. The average Bonchev–Trinajstić information content (AvgIpc) is 1.98. The molecule has 0 saturated heterocycles. The van der Waals surface area contributed by atoms with Crippen LogP contribution in [0.4, 0.5) is 0 Å². The monoisotopic (exact) mass is 169 g/mol. The molecule has 0 saturated carbocycles. The summed E-state index contributed by atoms with van der Waals surface area (Å²) in [6.45, 7) is 12.8. The molecular formula is C11H23N. The van der Waals surface area contributed by atoms with E-state index in [0.29, 0.717) is 12.1 Å². The fourth-order valence-electron chi connectivity index (χ4n) is 1.43. The van der Waals surface area contributed by atoms with E-state index in [2.05, 4.69) is 46.2 Å². The lowest BCUT2D eigenvalue weighted by Gasteiger charge is -2.31. The highest BCUT2D eigenvalue weighted by atomic mass is 15.1. The summed E-state index contributed by atoms with van der Waals surface area (Å²) in [5.41, 5.74) is 1.29. The zero-order valence-corrected chi connectivity index (χ0v) is 9.22. The van der Waals surface area contributed by atoms with Crippen LogP contribution in [0.3, 0.4) is 0 Å². The van der Waals surface area contributed by atoms with Crippen LogP contribution in [0.15, 0.2) is 12.2 Å². The normalized spacial score (nSPS) is 13.9. The fourth-order valence-corrected chi connectivity index (χ4v) is 1.43. The lowest BCUT2D eigenvalue weighted by atomic mass is 10.0. The Kier molecular flexibility index (Phi) is 5.23. The highest BCUT2D eigenvalue weighted by molar-refractivity contribution is 5.02. The molecule has 0 aliphatic carbocycles. The summed E-state index contributed by atoms with van der Waals surface area (Å²) in [5, 5.41) is 0. The average molecular weight is 169 g/mol. The van der Waals surface area contributed by atoms with E-state index in [4.69, 9.17) is 0 Å². The summed E-state index contributed by atoms with van der Waals surface area (Å²) < 4.78 is 0. The Balaban J connectivity index is 4.18. The highest BCUT2D eigenvalue weighted by Gasteiger charge is 2.16. The van der Waals surface area contributed by atoms with E-state index < -0.39 is 0 Å². The molecule has 0 aromatic rings. The van der Waals surface area contributed by atoms with Gasteiger partial charge >= 0.3 is 0 Å². The predicted molar refractivity (Wildman–Crippen MR) is 56.4 cm³/mol. The molecule has 12 heavy (non-hydrogen) atoms. The summed E-state index contributed by atoms with van der Waals surface area (Å²) in [6, 6.07) is 1.17. The fraction of sp³-hybridized carbons (Fsp3) is 0.818. The van der Waals surface area contributed by atoms with E-state index in [1.807, 2.05) is 0 Å². The first-order valence-electron chi connectivity index (χ1n) is 4.88. The third kappa shape index (κ3) is 3.40. The van der Waals surface area contributed by atoms with Crippen molar-refractivity contribution in [1.29, 1.82) is 0 Å². The van der Waals surface area contributed by atoms with Crippen LogP contribution in [0.2, 0.25) is 0 Å². The topological polar surface area (TPSA) is 3.24 Å². The smallest absolute Gasteiger partial charge is 0.0301 e. The van der Waals surface area contributed by atoms with Crippen LogP contribution in [0.5, 0.6) is 0 Å². The first kappa shape index (κ1) is 11.7. The second kappa shape index (κ2) is 5.36. The van der Waals surface area contributed by atoms with Gasteiger partial charge in [0, 0.05) is 12.1 Å². The first-order valence-corrected chi connectivity index (χ1v) is 4.88. The van der Waals surface area contributed by atoms with Gasteiger partial charge in [-0.25, -0.2) is 0 Å². The van der Waals surface area contributed by atoms with E-state index in [0.717, 1.165) is 0 Å². The highest BCUT2D eigenvalue weighted by Crippen LogP contribution is 2.15. The molecule has 0 fully saturated rings. The zero-order chi connectivity index (χ0) is 9.72. The van der Waals surface area contributed by atoms with Crippen LogP contribution in [0, 0.1) is 0 Å². The third-order valence-corrected chi connectivity index (χ3v) is 2.44. The number of hydrogen-bond donors (Lipinski definition) is 0. The Morgan fingerprint density at radius 3 is 2.17 bits per heavy atom. The van der Waals surface area contributed by atoms with Gasteiger partial charge in [0.2, 0.25) is 0 Å². The molecule has 1 unspecified atom stereocenters. The zero-order valence-electron chi connectivity index (χ0n) is 9.22. The van der Waals surface area contributed by atoms with Crippen molar-refractivity contribution in [1.82, 2.24) is 4.90 Å². The van der Waals surface area contributed by atoms with E-state index in [-0.39, 0.29) is 0 Å². The van der Waals surface area contributed by atoms with Gasteiger partial charge in [0.05, 0.1) is 0 Å². The van der Waals surface area contributed by atoms with Crippen molar-refractivity contribution in [3.05, 3.63) is 12.2 Å². The van der Waals surface area contributed by atoms with Crippen molar-refractivity contribution in [3.8, 4) is 0 Å². The van der Waals surface area contributed by atoms with Gasteiger partial charge in [-0.15, -0.1) is 0 Å². The minimum absolute atomic E-state index is 0.565. The predicted octanol–water partition coefficient (Wildman–Crippen LogP) is 3.07. The van der Waals surface area contributed by atoms with Gasteiger partial charge in [-0.3, -0.25) is 4.90 Å². The molecule has 1 atom stereocenters. The molecule has 0 radical (unpaired) electrons. The molecule has 1 heteroatoms. The minimum atomic E-state index is 0.565. The maximum atomic E-state index is 4.04. The molecule has 0 rings (SSSR count). The Morgan fingerprint density at radius 2 is 1.92 bits per heavy atom. The van der Waals surface area contributed by atoms with E-state index in [1.54, 1.807) is 0 Å². The van der Waals surface area contributed by atoms with Gasteiger partial charge in [-0.2, -0.15) is 0 Å². The van der Waals surface area contributed by atoms with E-state index in [9.17, 15) is 0 Å². The summed E-state index contributed by atoms with van der Waals surface area (Å²) >= 11 is 0. The van der Waals surface area contributed by atoms with Crippen LogP contribution < -0.4 is 0 Å². The van der Waals surface area contributed by atoms with Gasteiger partial charge in [0.1, 0.15) is 0 Å². The second-order valence-corrected chi connectivity index (χ2v) is 3.91. The van der Waals surface area contributed by atoms with Crippen molar-refractivity contribution in [2.75, 3.05) is 7.05 Å². The second-order valence-electron chi connectivity index (χ2n) is 3.91. The van der Waals surface area contributed by atoms with E-state index >= 15 is 0 Å². The molecule has 0 spiro atoms. The van der Waals surface area contributed by atoms with Crippen molar-refractivity contribution in [2.45, 2.75) is 52.6 Å². The summed E-state index contributed by atoms with van der Waals surface area (Å²) in [5.74, 6) is 0. The van der Waals surface area contributed by atoms with Gasteiger partial charge in [-0.1, -0.05) is 25.5 Å². The molecule has 0 aliphatic heterocycles. The van der Waals surface area contributed by atoms with Crippen LogP contribution in [0.25, 0.3) is 0 Å². The maximum Gasteiger partial charge on any atom is 0.0301 e. The van der Waals surface area contributed by atoms with Crippen LogP contribution >= 0.6 is 0 Å². The molecule has 0 aromatic carbocycles. The standard InChI is InChI=1S/C11H23N/c1-7-8-11(9(2)3)12(6)10(4)5/h10-11H,2,7-8H2,1,3-6H3. The lowest BCUT2D eigenvalue weighted by Crippen LogP contribution is -2.37. The lowest BCUT2D eigenvalue weighted by molar-refractivity contribution is 0.210. The van der Waals surface area contributed by atoms with Crippen molar-refractivity contribution < 1.29 is 0 Å². The Hall–Kier alpha value is -0.300. The SMILES string of the molecule is C=C(C)C(CCC)N(C)C(C)C. The van der Waals surface area contributed by atoms with Crippen molar-refractivity contribution in [2.24, 2.45) is 0 Å². The van der Waals surface area contributed by atoms with E-state index in [1.165, 1.54) is 18.4 Å². The largest absolute Gasteiger partial charge is 0.297 e. The number of likely N-dealkylation sites (N-methyl/N-ethyl adjacent to an activating group) is 1. The van der Waals surface area contributed by atoms with Crippen molar-refractivity contribution >= 4 is 0 Å². The third-order valence-electron chi connectivity index (χ3n) is 2.44. The van der Waals surface area contributed by atoms with Gasteiger partial charge in [0.15, 0.2) is 0 Å². The number of hydrogen-bond acceptors (Lipinski definition) is 1. The molecular weight excluding hydrogens is 146 g/mol. The summed E-state index contributed by atoms with van der Waals surface area (Å²) in [4.78, 5) is 2.39. The quantitative estimate of drug-likeness (QED) is 0.572. The molecule has 0 N–H and O–H groups in total. The van der Waals surface area contributed by atoms with Crippen molar-refractivity contribution in [3.63, 3.8) is 0 Å². The van der Waals surface area contributed by atoms with Gasteiger partial charge < -0.3 is 0 Å². The number of nitrogens with zero attached hydrogens (tertiary/aromatic N) is 1. The molecule has 1 nitrogen and oxygen atoms in total. The minimum Gasteiger partial charge on any atom is -0.297 e. The Morgan fingerprint density at radius 1 is 1.42 bits per heavy atom. The van der Waals surface area contributed by atoms with Gasteiger partial charge in [0.25, 0.3) is 0 Å². The summed E-state index contributed by atoms with van der Waals surface area (Å²) in [6.07, 6.45) is 2.46. The van der Waals surface area contributed by atoms with Crippen LogP contribution in [-0.4, -0.2) is 24.0 Å². The maximum absolute atomic E-state index is 4.04.